The molecule has 0 amide bonds. The molecule has 0 aromatic carbocycles. The molecule has 5 atom stereocenters. The number of rotatable bonds is 2. The number of fused-ring (bicyclic) bond motifs is 1. The summed E-state index contributed by atoms with van der Waals surface area (Å²) in [4.78, 5) is 0. The van der Waals surface area contributed by atoms with Gasteiger partial charge >= 0.3 is 0 Å². The lowest BCUT2D eigenvalue weighted by molar-refractivity contribution is -0.162. The minimum Gasteiger partial charge on any atom is -0.370 e. The maximum absolute atomic E-state index is 5.52. The van der Waals surface area contributed by atoms with Gasteiger partial charge in [-0.25, -0.2) is 0 Å². The van der Waals surface area contributed by atoms with E-state index in [0.29, 0.717) is 0 Å². The largest absolute Gasteiger partial charge is 0.370 e. The fourth-order valence-electron chi connectivity index (χ4n) is 1.66. The van der Waals surface area contributed by atoms with E-state index in [2.05, 4.69) is 0 Å². The summed E-state index contributed by atoms with van der Waals surface area (Å²) in [5.41, 5.74) is 0. The average Bonchev–Trinajstić information content (AvgIpc) is 2.88. The Balaban J connectivity index is 1.71. The Bertz CT molecular complexity index is 179. The summed E-state index contributed by atoms with van der Waals surface area (Å²) in [5.74, 6) is 0. The van der Waals surface area contributed by atoms with E-state index in [1.807, 2.05) is 0 Å². The van der Waals surface area contributed by atoms with Gasteiger partial charge in [0.05, 0.1) is 6.61 Å². The van der Waals surface area contributed by atoms with Crippen molar-refractivity contribution < 1.29 is 18.9 Å². The minimum atomic E-state index is -0.158. The zero-order valence-corrected chi connectivity index (χ0v) is 6.23. The van der Waals surface area contributed by atoms with Gasteiger partial charge in [-0.1, -0.05) is 0 Å². The van der Waals surface area contributed by atoms with Crippen molar-refractivity contribution in [2.24, 2.45) is 0 Å². The highest BCUT2D eigenvalue weighted by atomic mass is 16.8. The Morgan fingerprint density at radius 3 is 2.55 bits per heavy atom. The first kappa shape index (κ1) is 6.37. The van der Waals surface area contributed by atoms with Gasteiger partial charge in [0.1, 0.15) is 24.4 Å². The van der Waals surface area contributed by atoms with Crippen LogP contribution < -0.4 is 0 Å². The molecule has 0 radical (unpaired) electrons. The average molecular weight is 158 g/mol. The molecule has 3 rings (SSSR count). The van der Waals surface area contributed by atoms with E-state index in [1.54, 1.807) is 7.11 Å². The lowest BCUT2D eigenvalue weighted by atomic mass is 10.2. The third-order valence-corrected chi connectivity index (χ3v) is 2.40. The molecule has 3 saturated heterocycles. The van der Waals surface area contributed by atoms with E-state index in [1.165, 1.54) is 0 Å². The Morgan fingerprint density at radius 1 is 1.18 bits per heavy atom. The summed E-state index contributed by atoms with van der Waals surface area (Å²) in [6, 6.07) is 0. The maximum Gasteiger partial charge on any atom is 0.186 e. The first-order chi connectivity index (χ1) is 5.40. The highest BCUT2D eigenvalue weighted by Gasteiger charge is 2.62. The van der Waals surface area contributed by atoms with Gasteiger partial charge in [-0.3, -0.25) is 0 Å². The molecule has 11 heavy (non-hydrogen) atoms. The topological polar surface area (TPSA) is 43.5 Å². The van der Waals surface area contributed by atoms with Gasteiger partial charge in [0, 0.05) is 7.11 Å². The van der Waals surface area contributed by atoms with Crippen LogP contribution in [0, 0.1) is 0 Å². The maximum atomic E-state index is 5.52. The molecule has 0 spiro atoms. The van der Waals surface area contributed by atoms with Crippen LogP contribution in [0.5, 0.6) is 0 Å². The second-order valence-electron chi connectivity index (χ2n) is 3.14. The second-order valence-corrected chi connectivity index (χ2v) is 3.14. The third-order valence-electron chi connectivity index (χ3n) is 2.40. The normalized spacial score (nSPS) is 59.2. The number of methoxy groups -OCH3 is 1. The van der Waals surface area contributed by atoms with E-state index >= 15 is 0 Å². The van der Waals surface area contributed by atoms with Crippen molar-refractivity contribution in [3.8, 4) is 0 Å². The van der Waals surface area contributed by atoms with Gasteiger partial charge in [0.15, 0.2) is 6.29 Å². The second kappa shape index (κ2) is 1.95. The van der Waals surface area contributed by atoms with Crippen molar-refractivity contribution in [1.82, 2.24) is 0 Å². The minimum absolute atomic E-state index is 0.130. The van der Waals surface area contributed by atoms with Crippen LogP contribution >= 0.6 is 0 Å². The monoisotopic (exact) mass is 158 g/mol. The summed E-state index contributed by atoms with van der Waals surface area (Å²) in [7, 11) is 1.64. The van der Waals surface area contributed by atoms with E-state index in [4.69, 9.17) is 18.9 Å². The lowest BCUT2D eigenvalue weighted by Gasteiger charge is -2.13. The molecule has 3 fully saturated rings. The summed E-state index contributed by atoms with van der Waals surface area (Å²) in [6.07, 6.45) is 0.658. The van der Waals surface area contributed by atoms with Gasteiger partial charge in [-0.15, -0.1) is 0 Å². The fourth-order valence-corrected chi connectivity index (χ4v) is 1.66. The van der Waals surface area contributed by atoms with Crippen molar-refractivity contribution in [3.63, 3.8) is 0 Å². The molecule has 0 aromatic rings. The summed E-state index contributed by atoms with van der Waals surface area (Å²) in [6.45, 7) is 0.813. The molecule has 3 heterocycles. The first-order valence-electron chi connectivity index (χ1n) is 3.85. The van der Waals surface area contributed by atoms with Crippen LogP contribution in [0.2, 0.25) is 0 Å². The SMILES string of the molecule is CO[C@H]1O[C@H](C2CO2)[C@@H]2O[C@H]12. The van der Waals surface area contributed by atoms with Gasteiger partial charge in [0.25, 0.3) is 0 Å². The molecule has 0 N–H and O–H groups in total. The van der Waals surface area contributed by atoms with Crippen LogP contribution in [0.4, 0.5) is 0 Å². The Hall–Kier alpha value is -0.160. The summed E-state index contributed by atoms with van der Waals surface area (Å²) in [5, 5.41) is 0. The lowest BCUT2D eigenvalue weighted by Crippen LogP contribution is -2.25. The fraction of sp³-hybridized carbons (Fsp3) is 1.00. The van der Waals surface area contributed by atoms with Crippen molar-refractivity contribution in [2.75, 3.05) is 13.7 Å². The summed E-state index contributed by atoms with van der Waals surface area (Å²) < 4.78 is 21.1. The van der Waals surface area contributed by atoms with Crippen molar-refractivity contribution >= 4 is 0 Å². The highest BCUT2D eigenvalue weighted by molar-refractivity contribution is 5.05. The molecule has 4 heteroatoms. The molecule has 62 valence electrons. The Labute approximate surface area is 64.4 Å². The van der Waals surface area contributed by atoms with E-state index in [-0.39, 0.29) is 30.7 Å². The third kappa shape index (κ3) is 0.840. The van der Waals surface area contributed by atoms with Crippen molar-refractivity contribution in [1.29, 1.82) is 0 Å². The molecule has 1 unspecified atom stereocenters. The van der Waals surface area contributed by atoms with Crippen LogP contribution in [-0.2, 0) is 18.9 Å². The van der Waals surface area contributed by atoms with Crippen LogP contribution in [0.25, 0.3) is 0 Å². The zero-order chi connectivity index (χ0) is 7.42. The van der Waals surface area contributed by atoms with E-state index in [9.17, 15) is 0 Å². The van der Waals surface area contributed by atoms with Gasteiger partial charge < -0.3 is 18.9 Å². The summed E-state index contributed by atoms with van der Waals surface area (Å²) >= 11 is 0. The van der Waals surface area contributed by atoms with Gasteiger partial charge in [0.2, 0.25) is 0 Å². The van der Waals surface area contributed by atoms with Crippen LogP contribution in [0.15, 0.2) is 0 Å². The number of epoxide rings is 2. The Morgan fingerprint density at radius 2 is 2.00 bits per heavy atom. The number of hydrogen-bond acceptors (Lipinski definition) is 4. The highest BCUT2D eigenvalue weighted by Crippen LogP contribution is 2.43. The first-order valence-corrected chi connectivity index (χ1v) is 3.85. The standard InChI is InChI=1S/C7H10O4/c1-8-7-6-5(10-6)4(11-7)3-2-9-3/h3-7H,2H2,1H3/t3?,4-,5+,6+,7+/m1/s1. The molecular formula is C7H10O4. The molecule has 0 aromatic heterocycles. The molecule has 0 bridgehead atoms. The molecule has 3 aliphatic rings. The predicted molar refractivity (Wildman–Crippen MR) is 34.1 cm³/mol. The van der Waals surface area contributed by atoms with Crippen LogP contribution in [0.1, 0.15) is 0 Å². The smallest absolute Gasteiger partial charge is 0.186 e. The van der Waals surface area contributed by atoms with E-state index < -0.39 is 0 Å². The van der Waals surface area contributed by atoms with Crippen LogP contribution in [-0.4, -0.2) is 44.4 Å². The molecule has 0 aliphatic carbocycles. The van der Waals surface area contributed by atoms with Gasteiger partial charge in [-0.05, 0) is 0 Å². The van der Waals surface area contributed by atoms with E-state index in [0.717, 1.165) is 6.61 Å². The quantitative estimate of drug-likeness (QED) is 0.509. The Kier molecular flexibility index (Phi) is 1.13. The van der Waals surface area contributed by atoms with Crippen molar-refractivity contribution in [2.45, 2.75) is 30.7 Å². The molecule has 0 saturated carbocycles. The van der Waals surface area contributed by atoms with Crippen LogP contribution in [0.3, 0.4) is 0 Å². The number of ether oxygens (including phenoxy) is 4. The van der Waals surface area contributed by atoms with Gasteiger partial charge in [-0.2, -0.15) is 0 Å². The molecule has 4 nitrogen and oxygen atoms in total. The predicted octanol–water partition coefficient (Wildman–Crippen LogP) is -0.476. The molecular weight excluding hydrogens is 148 g/mol. The van der Waals surface area contributed by atoms with Crippen molar-refractivity contribution in [3.05, 3.63) is 0 Å². The zero-order valence-electron chi connectivity index (χ0n) is 6.23. The number of hydrogen-bond donors (Lipinski definition) is 0. The molecule has 3 aliphatic heterocycles.